The molecular weight excluding hydrogens is 611 g/mol. The lowest BCUT2D eigenvalue weighted by atomic mass is 10.0. The number of carboxylic acids is 2. The molecule has 3 aliphatic rings. The van der Waals surface area contributed by atoms with Gasteiger partial charge in [-0.1, -0.05) is 41.8 Å². The van der Waals surface area contributed by atoms with Gasteiger partial charge in [-0.05, 0) is 74.0 Å². The van der Waals surface area contributed by atoms with Crippen molar-refractivity contribution in [3.63, 3.8) is 0 Å². The van der Waals surface area contributed by atoms with Gasteiger partial charge in [0.05, 0.1) is 30.5 Å². The van der Waals surface area contributed by atoms with Gasteiger partial charge in [0.2, 0.25) is 5.91 Å². The fourth-order valence-electron chi connectivity index (χ4n) is 6.00. The van der Waals surface area contributed by atoms with Crippen LogP contribution in [0.2, 0.25) is 10.0 Å². The van der Waals surface area contributed by atoms with Crippen LogP contribution in [-0.4, -0.2) is 94.3 Å². The Kier molecular flexibility index (Phi) is 10.8. The first kappa shape index (κ1) is 31.9. The van der Waals surface area contributed by atoms with E-state index < -0.39 is 11.9 Å². The highest BCUT2D eigenvalue weighted by Crippen LogP contribution is 2.41. The molecular formula is C31H38Cl2N4O5S. The number of hydrogen-bond donors (Lipinski definition) is 2. The molecule has 0 spiro atoms. The van der Waals surface area contributed by atoms with Crippen molar-refractivity contribution in [3.8, 4) is 0 Å². The quantitative estimate of drug-likeness (QED) is 0.272. The van der Waals surface area contributed by atoms with E-state index in [0.29, 0.717) is 48.6 Å². The Morgan fingerprint density at radius 1 is 0.907 bits per heavy atom. The molecule has 232 valence electrons. The smallest absolute Gasteiger partial charge is 0.317 e. The van der Waals surface area contributed by atoms with E-state index in [4.69, 9.17) is 33.4 Å². The van der Waals surface area contributed by atoms with E-state index in [0.717, 1.165) is 53.5 Å². The second kappa shape index (κ2) is 14.5. The number of carbonyl (C=O) groups is 3. The Morgan fingerprint density at radius 3 is 2.28 bits per heavy atom. The van der Waals surface area contributed by atoms with Crippen LogP contribution in [0.3, 0.4) is 0 Å². The molecule has 2 heterocycles. The molecule has 9 nitrogen and oxygen atoms in total. The van der Waals surface area contributed by atoms with Crippen LogP contribution < -0.4 is 9.80 Å². The van der Waals surface area contributed by atoms with E-state index in [-0.39, 0.29) is 25.0 Å². The number of aliphatic carboxylic acids is 2. The summed E-state index contributed by atoms with van der Waals surface area (Å²) in [6.07, 6.45) is 5.46. The van der Waals surface area contributed by atoms with Gasteiger partial charge in [-0.15, -0.1) is 11.8 Å². The van der Waals surface area contributed by atoms with Crippen molar-refractivity contribution >= 4 is 64.2 Å². The van der Waals surface area contributed by atoms with Crippen LogP contribution in [-0.2, 0) is 27.3 Å². The van der Waals surface area contributed by atoms with Gasteiger partial charge in [-0.25, -0.2) is 0 Å². The summed E-state index contributed by atoms with van der Waals surface area (Å²) < 4.78 is 0. The molecule has 43 heavy (non-hydrogen) atoms. The largest absolute Gasteiger partial charge is 0.480 e. The molecule has 2 aromatic rings. The highest BCUT2D eigenvalue weighted by Gasteiger charge is 2.40. The van der Waals surface area contributed by atoms with Gasteiger partial charge in [0.25, 0.3) is 0 Å². The number of fused-ring (bicyclic) bond motifs is 1. The third kappa shape index (κ3) is 8.16. The molecule has 2 fully saturated rings. The summed E-state index contributed by atoms with van der Waals surface area (Å²) >= 11 is 15.2. The summed E-state index contributed by atoms with van der Waals surface area (Å²) in [5.41, 5.74) is 4.00. The number of nitrogens with zero attached hydrogens (tertiary/aromatic N) is 4. The molecule has 1 aliphatic carbocycles. The van der Waals surface area contributed by atoms with Crippen molar-refractivity contribution < 1.29 is 24.6 Å². The average Bonchev–Trinajstić information content (AvgIpc) is 3.71. The minimum atomic E-state index is -1.04. The molecule has 5 rings (SSSR count). The highest BCUT2D eigenvalue weighted by molar-refractivity contribution is 7.99. The van der Waals surface area contributed by atoms with Gasteiger partial charge in [0, 0.05) is 47.4 Å². The number of rotatable bonds is 14. The molecule has 2 aliphatic heterocycles. The second-order valence-electron chi connectivity index (χ2n) is 11.5. The zero-order chi connectivity index (χ0) is 30.5. The number of aryl methyl sites for hydroxylation is 1. The Morgan fingerprint density at radius 2 is 1.58 bits per heavy atom. The zero-order valence-electron chi connectivity index (χ0n) is 24.1. The fraction of sp³-hybridized carbons (Fsp3) is 0.516. The number of halogens is 2. The lowest BCUT2D eigenvalue weighted by molar-refractivity contribution is -0.141. The monoisotopic (exact) mass is 648 g/mol. The molecule has 0 unspecified atom stereocenters. The summed E-state index contributed by atoms with van der Waals surface area (Å²) in [4.78, 5) is 43.9. The van der Waals surface area contributed by atoms with Crippen molar-refractivity contribution in [2.24, 2.45) is 0 Å². The van der Waals surface area contributed by atoms with Crippen molar-refractivity contribution in [1.29, 1.82) is 0 Å². The molecule has 0 bridgehead atoms. The summed E-state index contributed by atoms with van der Waals surface area (Å²) in [7, 11) is 0. The fourth-order valence-corrected chi connectivity index (χ4v) is 7.72. The number of carboxylic acid groups (broad SMARTS) is 2. The Bertz CT molecular complexity index is 1330. The average molecular weight is 650 g/mol. The molecule has 2 N–H and O–H groups in total. The van der Waals surface area contributed by atoms with Gasteiger partial charge in [-0.2, -0.15) is 0 Å². The van der Waals surface area contributed by atoms with Crippen LogP contribution in [0.25, 0.3) is 0 Å². The maximum Gasteiger partial charge on any atom is 0.317 e. The second-order valence-corrected chi connectivity index (χ2v) is 13.3. The minimum Gasteiger partial charge on any atom is -0.480 e. The number of amides is 1. The molecule has 0 aromatic heterocycles. The molecule has 1 atom stereocenters. The summed E-state index contributed by atoms with van der Waals surface area (Å²) in [6, 6.07) is 12.4. The van der Waals surface area contributed by atoms with E-state index in [1.165, 1.54) is 17.7 Å². The first-order chi connectivity index (χ1) is 20.7. The summed E-state index contributed by atoms with van der Waals surface area (Å²) in [5.74, 6) is -0.455. The van der Waals surface area contributed by atoms with E-state index >= 15 is 0 Å². The lowest BCUT2D eigenvalue weighted by Crippen LogP contribution is -2.52. The summed E-state index contributed by atoms with van der Waals surface area (Å²) in [5, 5.41) is 19.3. The number of unbranched alkanes of at least 4 members (excludes halogenated alkanes) is 2. The zero-order valence-corrected chi connectivity index (χ0v) is 26.4. The normalized spacial score (nSPS) is 18.7. The number of para-hydroxylation sites is 2. The van der Waals surface area contributed by atoms with Gasteiger partial charge in [0.15, 0.2) is 0 Å². The third-order valence-corrected chi connectivity index (χ3v) is 10.1. The molecule has 12 heteroatoms. The number of benzene rings is 2. The van der Waals surface area contributed by atoms with E-state index in [1.54, 1.807) is 11.8 Å². The number of anilines is 2. The molecule has 0 radical (unpaired) electrons. The topological polar surface area (TPSA) is 105 Å². The van der Waals surface area contributed by atoms with Gasteiger partial charge < -0.3 is 20.0 Å². The standard InChI is InChI=1S/C31H38Cl2N4O5S/c32-24-15-22(25(33)14-21(24)6-2-1-5-11-34(17-29(38)39)18-30(40)41)16-35-20-43-19-28(35)31(42)37-13-12-36(23-9-10-23)26-7-3-4-8-27(26)37/h3-4,7-8,14-15,23,28H,1-2,5-6,9-13,16-20H2,(H,38,39)(H,40,41)/t28-/m0/s1. The van der Waals surface area contributed by atoms with Gasteiger partial charge in [-0.3, -0.25) is 24.2 Å². The van der Waals surface area contributed by atoms with Crippen LogP contribution >= 0.6 is 35.0 Å². The van der Waals surface area contributed by atoms with Crippen LogP contribution in [0.1, 0.15) is 43.2 Å². The van der Waals surface area contributed by atoms with Crippen LogP contribution in [0.15, 0.2) is 36.4 Å². The van der Waals surface area contributed by atoms with E-state index in [1.807, 2.05) is 29.2 Å². The third-order valence-electron chi connectivity index (χ3n) is 8.29. The molecule has 1 saturated carbocycles. The maximum absolute atomic E-state index is 13.9. The van der Waals surface area contributed by atoms with Gasteiger partial charge in [0.1, 0.15) is 0 Å². The van der Waals surface area contributed by atoms with Crippen molar-refractivity contribution in [2.45, 2.75) is 57.2 Å². The first-order valence-corrected chi connectivity index (χ1v) is 16.7. The van der Waals surface area contributed by atoms with Crippen molar-refractivity contribution in [3.05, 3.63) is 57.6 Å². The van der Waals surface area contributed by atoms with Crippen molar-refractivity contribution in [2.75, 3.05) is 54.2 Å². The minimum absolute atomic E-state index is 0.136. The SMILES string of the molecule is O=C(O)CN(CCCCCc1cc(Cl)c(CN2CSC[C@H]2C(=O)N2CCN(C3CC3)c3ccccc32)cc1Cl)CC(=O)O. The predicted octanol–water partition coefficient (Wildman–Crippen LogP) is 5.07. The first-order valence-electron chi connectivity index (χ1n) is 14.8. The van der Waals surface area contributed by atoms with Crippen LogP contribution in [0.5, 0.6) is 0 Å². The predicted molar refractivity (Wildman–Crippen MR) is 172 cm³/mol. The Hall–Kier alpha value is -2.50. The highest BCUT2D eigenvalue weighted by atomic mass is 35.5. The van der Waals surface area contributed by atoms with Gasteiger partial charge >= 0.3 is 11.9 Å². The number of thioether (sulfide) groups is 1. The van der Waals surface area contributed by atoms with Crippen LogP contribution in [0.4, 0.5) is 11.4 Å². The van der Waals surface area contributed by atoms with E-state index in [2.05, 4.69) is 21.9 Å². The van der Waals surface area contributed by atoms with Crippen LogP contribution in [0, 0.1) is 0 Å². The number of hydrogen-bond acceptors (Lipinski definition) is 7. The Labute approximate surface area is 266 Å². The number of carbonyl (C=O) groups excluding carboxylic acids is 1. The van der Waals surface area contributed by atoms with Crippen molar-refractivity contribution in [1.82, 2.24) is 9.80 Å². The Balaban J connectivity index is 1.16. The molecule has 2 aromatic carbocycles. The molecule has 1 amide bonds. The van der Waals surface area contributed by atoms with E-state index in [9.17, 15) is 14.4 Å². The summed E-state index contributed by atoms with van der Waals surface area (Å²) in [6.45, 7) is 1.92. The lowest BCUT2D eigenvalue weighted by Gasteiger charge is -2.39. The maximum atomic E-state index is 13.9. The molecule has 1 saturated heterocycles.